The summed E-state index contributed by atoms with van der Waals surface area (Å²) in [6.45, 7) is 1.66. The molecule has 28 heavy (non-hydrogen) atoms. The Labute approximate surface area is 166 Å². The monoisotopic (exact) mass is 399 g/mol. The van der Waals surface area contributed by atoms with Gasteiger partial charge < -0.3 is 10.6 Å². The summed E-state index contributed by atoms with van der Waals surface area (Å²) >= 11 is 1.28. The van der Waals surface area contributed by atoms with Gasteiger partial charge in [0.15, 0.2) is 5.13 Å². The van der Waals surface area contributed by atoms with Crippen LogP contribution in [0.2, 0.25) is 0 Å². The average Bonchev–Trinajstić information content (AvgIpc) is 3.24. The molecule has 4 amide bonds. The van der Waals surface area contributed by atoms with Gasteiger partial charge in [-0.1, -0.05) is 19.8 Å². The minimum Gasteiger partial charge on any atom is -0.323 e. The molecule has 146 valence electrons. The van der Waals surface area contributed by atoms with Crippen LogP contribution in [0.15, 0.2) is 29.9 Å². The second-order valence-electron chi connectivity index (χ2n) is 7.27. The second-order valence-corrected chi connectivity index (χ2v) is 8.13. The van der Waals surface area contributed by atoms with Gasteiger partial charge >= 0.3 is 6.03 Å². The van der Waals surface area contributed by atoms with Crippen LogP contribution < -0.4 is 10.6 Å². The Kier molecular flexibility index (Phi) is 4.84. The van der Waals surface area contributed by atoms with Gasteiger partial charge in [0.2, 0.25) is 5.91 Å². The van der Waals surface area contributed by atoms with E-state index in [4.69, 9.17) is 0 Å². The van der Waals surface area contributed by atoms with Gasteiger partial charge in [0.05, 0.1) is 5.69 Å². The Balaban J connectivity index is 1.42. The number of amides is 4. The number of urea groups is 1. The SMILES string of the molecule is CC1CCCCC12NC(=O)N(CC(=O)Nc1nc(-c3cccnc3)cs1)C2=O. The number of aromatic nitrogens is 2. The Morgan fingerprint density at radius 1 is 1.43 bits per heavy atom. The molecule has 2 aromatic heterocycles. The standard InChI is InChI=1S/C19H21N5O3S/c1-12-5-2-3-7-19(12)16(26)24(18(27)23-19)10-15(25)22-17-21-14(11-28-17)13-6-4-8-20-9-13/h4,6,8-9,11-12H,2-3,5,7,10H2,1H3,(H,23,27)(H,21,22,25). The van der Waals surface area contributed by atoms with E-state index in [2.05, 4.69) is 20.6 Å². The smallest absolute Gasteiger partial charge is 0.323 e. The van der Waals surface area contributed by atoms with Gasteiger partial charge in [-0.05, 0) is 30.9 Å². The van der Waals surface area contributed by atoms with Crippen LogP contribution >= 0.6 is 11.3 Å². The fourth-order valence-electron chi connectivity index (χ4n) is 3.92. The minimum atomic E-state index is -0.857. The zero-order valence-corrected chi connectivity index (χ0v) is 16.3. The average molecular weight is 399 g/mol. The van der Waals surface area contributed by atoms with Gasteiger partial charge in [-0.15, -0.1) is 11.3 Å². The first kappa shape index (κ1) is 18.5. The molecule has 1 spiro atoms. The molecule has 4 rings (SSSR count). The van der Waals surface area contributed by atoms with Crippen LogP contribution in [0, 0.1) is 5.92 Å². The van der Waals surface area contributed by atoms with Crippen molar-refractivity contribution in [3.8, 4) is 11.3 Å². The number of carbonyl (C=O) groups excluding carboxylic acids is 3. The first-order chi connectivity index (χ1) is 13.5. The summed E-state index contributed by atoms with van der Waals surface area (Å²) in [5.74, 6) is -0.682. The molecule has 2 unspecified atom stereocenters. The molecule has 8 nitrogen and oxygen atoms in total. The number of rotatable bonds is 4. The summed E-state index contributed by atoms with van der Waals surface area (Å²) in [6.07, 6.45) is 6.83. The van der Waals surface area contributed by atoms with Crippen LogP contribution in [-0.4, -0.2) is 44.8 Å². The van der Waals surface area contributed by atoms with E-state index in [9.17, 15) is 14.4 Å². The van der Waals surface area contributed by atoms with Gasteiger partial charge in [-0.25, -0.2) is 9.78 Å². The summed E-state index contributed by atoms with van der Waals surface area (Å²) in [7, 11) is 0. The van der Waals surface area contributed by atoms with Crippen molar-refractivity contribution in [2.24, 2.45) is 5.92 Å². The molecule has 2 aliphatic rings. The van der Waals surface area contributed by atoms with Gasteiger partial charge in [0.1, 0.15) is 12.1 Å². The van der Waals surface area contributed by atoms with Crippen molar-refractivity contribution in [1.29, 1.82) is 0 Å². The zero-order valence-electron chi connectivity index (χ0n) is 15.5. The predicted molar refractivity (Wildman–Crippen MR) is 105 cm³/mol. The Bertz CT molecular complexity index is 915. The summed E-state index contributed by atoms with van der Waals surface area (Å²) in [6, 6.07) is 3.20. The number of anilines is 1. The maximum Gasteiger partial charge on any atom is 0.325 e. The number of hydrogen-bond donors (Lipinski definition) is 2. The largest absolute Gasteiger partial charge is 0.325 e. The van der Waals surface area contributed by atoms with Crippen LogP contribution in [-0.2, 0) is 9.59 Å². The molecule has 9 heteroatoms. The third-order valence-electron chi connectivity index (χ3n) is 5.51. The number of hydrogen-bond acceptors (Lipinski definition) is 6. The fraction of sp³-hybridized carbons (Fsp3) is 0.421. The number of nitrogens with zero attached hydrogens (tertiary/aromatic N) is 3. The normalized spacial score (nSPS) is 24.5. The summed E-state index contributed by atoms with van der Waals surface area (Å²) in [4.78, 5) is 47.2. The highest BCUT2D eigenvalue weighted by molar-refractivity contribution is 7.14. The lowest BCUT2D eigenvalue weighted by atomic mass is 9.73. The van der Waals surface area contributed by atoms with Crippen LogP contribution in [0.4, 0.5) is 9.93 Å². The lowest BCUT2D eigenvalue weighted by Crippen LogP contribution is -2.54. The number of carbonyl (C=O) groups is 3. The van der Waals surface area contributed by atoms with Crippen molar-refractivity contribution in [3.05, 3.63) is 29.9 Å². The molecule has 2 fully saturated rings. The summed E-state index contributed by atoms with van der Waals surface area (Å²) < 4.78 is 0. The zero-order chi connectivity index (χ0) is 19.7. The highest BCUT2D eigenvalue weighted by atomic mass is 32.1. The molecule has 2 N–H and O–H groups in total. The van der Waals surface area contributed by atoms with Gasteiger partial charge in [0, 0.05) is 23.3 Å². The lowest BCUT2D eigenvalue weighted by molar-refractivity contribution is -0.136. The molecular formula is C19H21N5O3S. The van der Waals surface area contributed by atoms with E-state index in [1.54, 1.807) is 12.4 Å². The molecule has 1 aliphatic heterocycles. The highest BCUT2D eigenvalue weighted by Gasteiger charge is 2.55. The van der Waals surface area contributed by atoms with E-state index >= 15 is 0 Å². The lowest BCUT2D eigenvalue weighted by Gasteiger charge is -2.36. The number of pyridine rings is 1. The van der Waals surface area contributed by atoms with Crippen LogP contribution in [0.25, 0.3) is 11.3 Å². The van der Waals surface area contributed by atoms with Crippen molar-refractivity contribution >= 4 is 34.3 Å². The van der Waals surface area contributed by atoms with E-state index in [1.165, 1.54) is 11.3 Å². The third kappa shape index (κ3) is 3.26. The predicted octanol–water partition coefficient (Wildman–Crippen LogP) is 2.64. The Morgan fingerprint density at radius 3 is 3.04 bits per heavy atom. The number of thiazole rings is 1. The van der Waals surface area contributed by atoms with E-state index in [0.717, 1.165) is 29.7 Å². The molecule has 0 radical (unpaired) electrons. The first-order valence-electron chi connectivity index (χ1n) is 9.29. The molecule has 1 saturated carbocycles. The first-order valence-corrected chi connectivity index (χ1v) is 10.2. The van der Waals surface area contributed by atoms with E-state index in [-0.39, 0.29) is 18.4 Å². The summed E-state index contributed by atoms with van der Waals surface area (Å²) in [5, 5.41) is 7.76. The van der Waals surface area contributed by atoms with E-state index in [0.29, 0.717) is 17.2 Å². The van der Waals surface area contributed by atoms with Crippen molar-refractivity contribution in [2.45, 2.75) is 38.1 Å². The molecule has 0 aromatic carbocycles. The van der Waals surface area contributed by atoms with E-state index < -0.39 is 17.5 Å². The second kappa shape index (κ2) is 7.31. The van der Waals surface area contributed by atoms with Crippen LogP contribution in [0.5, 0.6) is 0 Å². The fourth-order valence-corrected chi connectivity index (χ4v) is 4.66. The molecule has 2 aromatic rings. The quantitative estimate of drug-likeness (QED) is 0.769. The maximum absolute atomic E-state index is 12.9. The van der Waals surface area contributed by atoms with E-state index in [1.807, 2.05) is 24.4 Å². The Hall–Kier alpha value is -2.81. The number of nitrogens with one attached hydrogen (secondary N) is 2. The molecule has 1 aliphatic carbocycles. The topological polar surface area (TPSA) is 104 Å². The molecular weight excluding hydrogens is 378 g/mol. The molecule has 2 atom stereocenters. The maximum atomic E-state index is 12.9. The molecule has 1 saturated heterocycles. The summed E-state index contributed by atoms with van der Waals surface area (Å²) in [5.41, 5.74) is 0.699. The van der Waals surface area contributed by atoms with Crippen molar-refractivity contribution in [1.82, 2.24) is 20.2 Å². The van der Waals surface area contributed by atoms with Crippen molar-refractivity contribution in [2.75, 3.05) is 11.9 Å². The molecule has 0 bridgehead atoms. The van der Waals surface area contributed by atoms with Crippen LogP contribution in [0.1, 0.15) is 32.6 Å². The van der Waals surface area contributed by atoms with Gasteiger partial charge in [-0.2, -0.15) is 0 Å². The van der Waals surface area contributed by atoms with Gasteiger partial charge in [-0.3, -0.25) is 19.5 Å². The Morgan fingerprint density at radius 2 is 2.29 bits per heavy atom. The van der Waals surface area contributed by atoms with Crippen LogP contribution in [0.3, 0.4) is 0 Å². The number of imide groups is 1. The highest BCUT2D eigenvalue weighted by Crippen LogP contribution is 2.38. The molecule has 3 heterocycles. The van der Waals surface area contributed by atoms with Gasteiger partial charge in [0.25, 0.3) is 5.91 Å². The third-order valence-corrected chi connectivity index (χ3v) is 6.27. The van der Waals surface area contributed by atoms with Crippen molar-refractivity contribution < 1.29 is 14.4 Å². The minimum absolute atomic E-state index is 0.0618. The van der Waals surface area contributed by atoms with Crippen molar-refractivity contribution in [3.63, 3.8) is 0 Å².